The van der Waals surface area contributed by atoms with Crippen LogP contribution in [0.4, 0.5) is 23.2 Å². The molecule has 7 nitrogen and oxygen atoms in total. The predicted octanol–water partition coefficient (Wildman–Crippen LogP) is 4.11. The highest BCUT2D eigenvalue weighted by Gasteiger charge is 2.50. The van der Waals surface area contributed by atoms with E-state index in [9.17, 15) is 35.3 Å². The molecule has 2 atom stereocenters. The van der Waals surface area contributed by atoms with E-state index in [1.807, 2.05) is 0 Å². The van der Waals surface area contributed by atoms with Crippen LogP contribution in [0.1, 0.15) is 17.2 Å². The molecule has 0 amide bonds. The van der Waals surface area contributed by atoms with Gasteiger partial charge in [-0.15, -0.1) is 3.77 Å². The minimum Gasteiger partial charge on any atom is -0.458 e. The van der Waals surface area contributed by atoms with Gasteiger partial charge in [0, 0.05) is 23.6 Å². The Morgan fingerprint density at radius 2 is 1.97 bits per heavy atom. The molecule has 31 heavy (non-hydrogen) atoms. The lowest BCUT2D eigenvalue weighted by molar-refractivity contribution is -0.0976. The fourth-order valence-corrected chi connectivity index (χ4v) is 6.37. The molecule has 0 spiro atoms. The van der Waals surface area contributed by atoms with E-state index in [1.54, 1.807) is 0 Å². The molecule has 13 heteroatoms. The van der Waals surface area contributed by atoms with Gasteiger partial charge in [-0.2, -0.15) is 0 Å². The van der Waals surface area contributed by atoms with Gasteiger partial charge < -0.3 is 9.84 Å². The molecule has 0 saturated carbocycles. The zero-order chi connectivity index (χ0) is 23.2. The van der Waals surface area contributed by atoms with Gasteiger partial charge in [-0.25, -0.2) is 35.0 Å². The minimum atomic E-state index is -4.36. The van der Waals surface area contributed by atoms with E-state index in [4.69, 9.17) is 11.3 Å². The SMILES string of the molecule is [C-]#[N+]c1cc(F)cc(Oc2ccc(S(=O)(CF)=NS(C)(=O)=O)c3c2CC(F)(F)[C@H]3O)c1. The van der Waals surface area contributed by atoms with Gasteiger partial charge in [0.1, 0.15) is 33.1 Å². The highest BCUT2D eigenvalue weighted by Crippen LogP contribution is 2.50. The van der Waals surface area contributed by atoms with E-state index in [-0.39, 0.29) is 22.7 Å². The van der Waals surface area contributed by atoms with E-state index in [2.05, 4.69) is 8.61 Å². The van der Waals surface area contributed by atoms with Crippen LogP contribution in [0.2, 0.25) is 0 Å². The number of aliphatic hydroxyl groups is 1. The maximum absolute atomic E-state index is 14.3. The van der Waals surface area contributed by atoms with Crippen molar-refractivity contribution in [2.45, 2.75) is 23.3 Å². The normalized spacial score (nSPS) is 19.2. The Morgan fingerprint density at radius 1 is 1.29 bits per heavy atom. The van der Waals surface area contributed by atoms with Crippen LogP contribution >= 0.6 is 0 Å². The summed E-state index contributed by atoms with van der Waals surface area (Å²) in [6.07, 6.45) is -3.07. The van der Waals surface area contributed by atoms with Gasteiger partial charge >= 0.3 is 0 Å². The summed E-state index contributed by atoms with van der Waals surface area (Å²) in [6.45, 7) is 6.95. The Labute approximate surface area is 175 Å². The highest BCUT2D eigenvalue weighted by molar-refractivity contribution is 8.03. The third-order valence-corrected chi connectivity index (χ3v) is 7.71. The lowest BCUT2D eigenvalue weighted by Crippen LogP contribution is -2.22. The molecule has 0 heterocycles. The van der Waals surface area contributed by atoms with Crippen LogP contribution in [-0.4, -0.2) is 35.9 Å². The molecule has 0 fully saturated rings. The molecule has 166 valence electrons. The van der Waals surface area contributed by atoms with Gasteiger partial charge in [0.25, 0.3) is 15.9 Å². The van der Waals surface area contributed by atoms with Crippen molar-refractivity contribution < 1.29 is 40.0 Å². The van der Waals surface area contributed by atoms with E-state index in [0.717, 1.165) is 30.3 Å². The number of ether oxygens (including phenoxy) is 1. The van der Waals surface area contributed by atoms with Gasteiger partial charge in [-0.05, 0) is 24.3 Å². The van der Waals surface area contributed by atoms with Crippen LogP contribution in [-0.2, 0) is 26.2 Å². The van der Waals surface area contributed by atoms with Crippen molar-refractivity contribution in [1.82, 2.24) is 0 Å². The Morgan fingerprint density at radius 3 is 2.55 bits per heavy atom. The number of aliphatic hydroxyl groups excluding tert-OH is 1. The molecule has 1 N–H and O–H groups in total. The first-order valence-electron chi connectivity index (χ1n) is 8.39. The minimum absolute atomic E-state index is 0.124. The van der Waals surface area contributed by atoms with E-state index < -0.39 is 60.5 Å². The molecule has 1 aliphatic carbocycles. The number of hydrogen-bond donors (Lipinski definition) is 1. The summed E-state index contributed by atoms with van der Waals surface area (Å²) in [5, 5.41) is 10.1. The van der Waals surface area contributed by atoms with Crippen molar-refractivity contribution in [3.63, 3.8) is 0 Å². The number of halogens is 4. The van der Waals surface area contributed by atoms with Gasteiger partial charge in [0.05, 0.1) is 17.7 Å². The van der Waals surface area contributed by atoms with Crippen LogP contribution < -0.4 is 4.74 Å². The predicted molar refractivity (Wildman–Crippen MR) is 102 cm³/mol. The topological polar surface area (TPSA) is 97.4 Å². The van der Waals surface area contributed by atoms with Gasteiger partial charge in [0.15, 0.2) is 11.7 Å². The van der Waals surface area contributed by atoms with Gasteiger partial charge in [-0.3, -0.25) is 0 Å². The molecule has 1 unspecified atom stereocenters. The second-order valence-electron chi connectivity index (χ2n) is 6.71. The summed E-state index contributed by atoms with van der Waals surface area (Å²) >= 11 is 0. The van der Waals surface area contributed by atoms with Crippen LogP contribution in [0.25, 0.3) is 4.85 Å². The van der Waals surface area contributed by atoms with E-state index in [0.29, 0.717) is 6.26 Å². The highest BCUT2D eigenvalue weighted by atomic mass is 32.3. The second-order valence-corrected chi connectivity index (χ2v) is 10.7. The zero-order valence-electron chi connectivity index (χ0n) is 15.7. The number of hydrogen-bond acceptors (Lipinski definition) is 5. The van der Waals surface area contributed by atoms with Crippen molar-refractivity contribution in [3.05, 3.63) is 58.7 Å². The first-order valence-corrected chi connectivity index (χ1v) is 11.9. The van der Waals surface area contributed by atoms with Gasteiger partial charge in [0.2, 0.25) is 0 Å². The third kappa shape index (κ3) is 4.51. The molecule has 0 saturated heterocycles. The lowest BCUT2D eigenvalue weighted by atomic mass is 10.1. The Kier molecular flexibility index (Phi) is 5.76. The number of fused-ring (bicyclic) bond motifs is 1. The number of alkyl halides is 3. The molecule has 3 rings (SSSR count). The fraction of sp³-hybridized carbons (Fsp3) is 0.278. The van der Waals surface area contributed by atoms with Crippen LogP contribution in [0.15, 0.2) is 39.0 Å². The second kappa shape index (κ2) is 7.77. The largest absolute Gasteiger partial charge is 0.458 e. The van der Waals surface area contributed by atoms with Crippen molar-refractivity contribution in [3.8, 4) is 11.5 Å². The Balaban J connectivity index is 2.24. The molecule has 1 aliphatic rings. The maximum atomic E-state index is 14.3. The van der Waals surface area contributed by atoms with Gasteiger partial charge in [-0.1, -0.05) is 0 Å². The summed E-state index contributed by atoms with van der Waals surface area (Å²) in [5.74, 6) is -5.09. The van der Waals surface area contributed by atoms with Crippen molar-refractivity contribution in [1.29, 1.82) is 0 Å². The molecular formula is C18H14F4N2O5S2. The van der Waals surface area contributed by atoms with Crippen LogP contribution in [0, 0.1) is 12.4 Å². The number of sulfonamides is 1. The van der Waals surface area contributed by atoms with Crippen molar-refractivity contribution in [2.24, 2.45) is 3.77 Å². The monoisotopic (exact) mass is 478 g/mol. The molecule has 0 radical (unpaired) electrons. The fourth-order valence-electron chi connectivity index (χ4n) is 3.16. The first kappa shape index (κ1) is 23.0. The number of rotatable bonds is 5. The summed E-state index contributed by atoms with van der Waals surface area (Å²) in [7, 11) is -8.69. The van der Waals surface area contributed by atoms with Crippen molar-refractivity contribution in [2.75, 3.05) is 12.3 Å². The number of benzene rings is 2. The number of nitrogens with zero attached hydrogens (tertiary/aromatic N) is 2. The average Bonchev–Trinajstić information content (AvgIpc) is 2.90. The Hall–Kier alpha value is -2.69. The zero-order valence-corrected chi connectivity index (χ0v) is 17.3. The summed E-state index contributed by atoms with van der Waals surface area (Å²) in [4.78, 5) is 2.35. The van der Waals surface area contributed by atoms with Crippen LogP contribution in [0.5, 0.6) is 11.5 Å². The molecule has 0 bridgehead atoms. The molecule has 0 aromatic heterocycles. The quantitative estimate of drug-likeness (QED) is 0.515. The van der Waals surface area contributed by atoms with E-state index >= 15 is 0 Å². The smallest absolute Gasteiger partial charge is 0.281 e. The lowest BCUT2D eigenvalue weighted by Gasteiger charge is -2.17. The van der Waals surface area contributed by atoms with E-state index in [1.165, 1.54) is 0 Å². The Bertz CT molecular complexity index is 1330. The molecule has 0 aliphatic heterocycles. The van der Waals surface area contributed by atoms with Crippen LogP contribution in [0.3, 0.4) is 0 Å². The summed E-state index contributed by atoms with van der Waals surface area (Å²) in [6, 6.07) is 3.03. The third-order valence-electron chi connectivity index (χ3n) is 4.32. The summed E-state index contributed by atoms with van der Waals surface area (Å²) < 4.78 is 100. The summed E-state index contributed by atoms with van der Waals surface area (Å²) in [5.41, 5.74) is -1.16. The average molecular weight is 478 g/mol. The maximum Gasteiger partial charge on any atom is 0.281 e. The first-order chi connectivity index (χ1) is 14.3. The molecule has 2 aromatic rings. The van der Waals surface area contributed by atoms with Crippen molar-refractivity contribution >= 4 is 25.4 Å². The standard InChI is InChI=1S/C18H14F4N2O5S2/c1-23-11-5-10(20)6-12(7-11)29-14-3-4-15(31(28,9-19)24-30(2,26)27)16-13(14)8-18(21,22)17(16)25/h3-7,17,25H,8-9H2,2H3/t17-,31?/m0/s1. The molecule has 2 aromatic carbocycles. The molecular weight excluding hydrogens is 464 g/mol.